The molecule has 1 saturated carbocycles. The predicted molar refractivity (Wildman–Crippen MR) is 65.2 cm³/mol. The lowest BCUT2D eigenvalue weighted by molar-refractivity contribution is -0.136. The second kappa shape index (κ2) is 6.69. The average Bonchev–Trinajstić information content (AvgIpc) is 2.30. The Morgan fingerprint density at radius 2 is 2.00 bits per heavy atom. The number of ether oxygens (including phenoxy) is 1. The molecule has 0 amide bonds. The van der Waals surface area contributed by atoms with E-state index in [1.165, 1.54) is 32.8 Å². The summed E-state index contributed by atoms with van der Waals surface area (Å²) in [6.45, 7) is 4.87. The predicted octanol–water partition coefficient (Wildman–Crippen LogP) is 2.27. The summed E-state index contributed by atoms with van der Waals surface area (Å²) in [5, 5.41) is 3.47. The molecule has 1 fully saturated rings. The van der Waals surface area contributed by atoms with Gasteiger partial charge in [-0.2, -0.15) is 0 Å². The average molecular weight is 225 g/mol. The number of hydrogen-bond acceptors (Lipinski definition) is 3. The van der Waals surface area contributed by atoms with Gasteiger partial charge in [0.15, 0.2) is 0 Å². The molecule has 1 aliphatic carbocycles. The first kappa shape index (κ1) is 13.2. The van der Waals surface area contributed by atoms with Crippen molar-refractivity contribution in [2.75, 3.05) is 13.7 Å². The third-order valence-corrected chi connectivity index (χ3v) is 3.34. The Kier molecular flexibility index (Phi) is 5.53. The van der Waals surface area contributed by atoms with Crippen LogP contribution in [0.5, 0.6) is 0 Å². The van der Waals surface area contributed by atoms with E-state index in [0.717, 1.165) is 12.5 Å². The molecular formula is C13H23NO2. The molecule has 1 N–H and O–H groups in total. The van der Waals surface area contributed by atoms with Crippen LogP contribution in [0.15, 0.2) is 11.6 Å². The second-order valence-electron chi connectivity index (χ2n) is 4.74. The summed E-state index contributed by atoms with van der Waals surface area (Å²) in [5.41, 5.74) is 0.680. The molecule has 16 heavy (non-hydrogen) atoms. The van der Waals surface area contributed by atoms with E-state index in [2.05, 4.69) is 17.0 Å². The Hall–Kier alpha value is -0.830. The van der Waals surface area contributed by atoms with Crippen LogP contribution < -0.4 is 5.32 Å². The van der Waals surface area contributed by atoms with Crippen LogP contribution in [0, 0.1) is 5.92 Å². The van der Waals surface area contributed by atoms with Crippen molar-refractivity contribution >= 4 is 5.97 Å². The van der Waals surface area contributed by atoms with Crippen LogP contribution in [-0.4, -0.2) is 25.7 Å². The monoisotopic (exact) mass is 225 g/mol. The van der Waals surface area contributed by atoms with Crippen molar-refractivity contribution in [1.29, 1.82) is 0 Å². The fourth-order valence-electron chi connectivity index (χ4n) is 2.09. The Morgan fingerprint density at radius 1 is 1.38 bits per heavy atom. The van der Waals surface area contributed by atoms with Crippen LogP contribution in [-0.2, 0) is 9.53 Å². The number of carbonyl (C=O) groups is 1. The van der Waals surface area contributed by atoms with Crippen LogP contribution in [0.25, 0.3) is 0 Å². The van der Waals surface area contributed by atoms with E-state index in [0.29, 0.717) is 11.6 Å². The van der Waals surface area contributed by atoms with E-state index in [9.17, 15) is 4.79 Å². The summed E-state index contributed by atoms with van der Waals surface area (Å²) in [5.74, 6) is 0.643. The summed E-state index contributed by atoms with van der Waals surface area (Å²) in [4.78, 5) is 11.1. The molecule has 1 aliphatic rings. The van der Waals surface area contributed by atoms with Crippen molar-refractivity contribution in [1.82, 2.24) is 5.32 Å². The fraction of sp³-hybridized carbons (Fsp3) is 0.769. The first-order valence-electron chi connectivity index (χ1n) is 6.12. The molecule has 3 heteroatoms. The summed E-state index contributed by atoms with van der Waals surface area (Å²) < 4.78 is 4.63. The van der Waals surface area contributed by atoms with Crippen LogP contribution >= 0.6 is 0 Å². The molecule has 1 rings (SSSR count). The number of carbonyl (C=O) groups excluding carboxylic acids is 1. The molecule has 0 aliphatic heterocycles. The Morgan fingerprint density at radius 3 is 2.56 bits per heavy atom. The summed E-state index contributed by atoms with van der Waals surface area (Å²) in [6.07, 6.45) is 7.05. The molecule has 92 valence electrons. The number of esters is 1. The van der Waals surface area contributed by atoms with E-state index in [4.69, 9.17) is 0 Å². The molecule has 0 aromatic rings. The van der Waals surface area contributed by atoms with E-state index in [-0.39, 0.29) is 5.97 Å². The summed E-state index contributed by atoms with van der Waals surface area (Å²) in [6, 6.07) is 0.623. The summed E-state index contributed by atoms with van der Waals surface area (Å²) in [7, 11) is 1.41. The van der Waals surface area contributed by atoms with E-state index >= 15 is 0 Å². The first-order chi connectivity index (χ1) is 7.63. The maximum Gasteiger partial charge on any atom is 0.333 e. The van der Waals surface area contributed by atoms with Crippen molar-refractivity contribution in [3.63, 3.8) is 0 Å². The zero-order valence-electron chi connectivity index (χ0n) is 10.6. The Balaban J connectivity index is 2.22. The van der Waals surface area contributed by atoms with Crippen molar-refractivity contribution in [2.24, 2.45) is 5.92 Å². The van der Waals surface area contributed by atoms with Crippen LogP contribution in [0.3, 0.4) is 0 Å². The molecule has 3 nitrogen and oxygen atoms in total. The van der Waals surface area contributed by atoms with Gasteiger partial charge in [-0.05, 0) is 38.5 Å². The van der Waals surface area contributed by atoms with Gasteiger partial charge in [0.2, 0.25) is 0 Å². The standard InChI is InChI=1S/C13H23NO2/c1-10-4-6-12(7-5-10)14-9-8-11(2)13(15)16-3/h8,10,12,14H,4-7,9H2,1-3H3. The molecule has 0 spiro atoms. The molecule has 0 bridgehead atoms. The number of hydrogen-bond donors (Lipinski definition) is 1. The highest BCUT2D eigenvalue weighted by atomic mass is 16.5. The van der Waals surface area contributed by atoms with Gasteiger partial charge >= 0.3 is 5.97 Å². The molecule has 0 unspecified atom stereocenters. The van der Waals surface area contributed by atoms with Gasteiger partial charge in [-0.3, -0.25) is 0 Å². The largest absolute Gasteiger partial charge is 0.466 e. The van der Waals surface area contributed by atoms with Crippen LogP contribution in [0.2, 0.25) is 0 Å². The topological polar surface area (TPSA) is 38.3 Å². The van der Waals surface area contributed by atoms with Crippen molar-refractivity contribution in [3.8, 4) is 0 Å². The third kappa shape index (κ3) is 4.35. The van der Waals surface area contributed by atoms with Crippen molar-refractivity contribution < 1.29 is 9.53 Å². The number of rotatable bonds is 4. The molecule has 0 aromatic carbocycles. The lowest BCUT2D eigenvalue weighted by Gasteiger charge is -2.26. The minimum Gasteiger partial charge on any atom is -0.466 e. The van der Waals surface area contributed by atoms with Crippen LogP contribution in [0.1, 0.15) is 39.5 Å². The Bertz CT molecular complexity index is 253. The molecule has 0 heterocycles. The first-order valence-corrected chi connectivity index (χ1v) is 6.12. The highest BCUT2D eigenvalue weighted by molar-refractivity contribution is 5.87. The fourth-order valence-corrected chi connectivity index (χ4v) is 2.09. The van der Waals surface area contributed by atoms with Gasteiger partial charge in [0, 0.05) is 18.2 Å². The lowest BCUT2D eigenvalue weighted by Crippen LogP contribution is -2.33. The highest BCUT2D eigenvalue weighted by Gasteiger charge is 2.16. The molecule has 0 radical (unpaired) electrons. The maximum atomic E-state index is 11.1. The van der Waals surface area contributed by atoms with Crippen molar-refractivity contribution in [2.45, 2.75) is 45.6 Å². The zero-order valence-corrected chi connectivity index (χ0v) is 10.6. The summed E-state index contributed by atoms with van der Waals surface area (Å²) >= 11 is 0. The third-order valence-electron chi connectivity index (χ3n) is 3.34. The second-order valence-corrected chi connectivity index (χ2v) is 4.74. The van der Waals surface area contributed by atoms with Gasteiger partial charge in [0.1, 0.15) is 0 Å². The van der Waals surface area contributed by atoms with Gasteiger partial charge in [-0.1, -0.05) is 13.0 Å². The van der Waals surface area contributed by atoms with Crippen LogP contribution in [0.4, 0.5) is 0 Å². The minimum absolute atomic E-state index is 0.237. The SMILES string of the molecule is COC(=O)C(C)=CCNC1CCC(C)CC1. The molecular weight excluding hydrogens is 202 g/mol. The number of nitrogens with one attached hydrogen (secondary N) is 1. The zero-order chi connectivity index (χ0) is 12.0. The van der Waals surface area contributed by atoms with Gasteiger partial charge in [-0.15, -0.1) is 0 Å². The van der Waals surface area contributed by atoms with Gasteiger partial charge in [-0.25, -0.2) is 4.79 Å². The normalized spacial score (nSPS) is 26.6. The van der Waals surface area contributed by atoms with E-state index in [1.54, 1.807) is 6.92 Å². The van der Waals surface area contributed by atoms with E-state index in [1.807, 2.05) is 6.08 Å². The maximum absolute atomic E-state index is 11.1. The molecule has 0 atom stereocenters. The van der Waals surface area contributed by atoms with Gasteiger partial charge < -0.3 is 10.1 Å². The smallest absolute Gasteiger partial charge is 0.333 e. The van der Waals surface area contributed by atoms with Gasteiger partial charge in [0.25, 0.3) is 0 Å². The van der Waals surface area contributed by atoms with Gasteiger partial charge in [0.05, 0.1) is 7.11 Å². The number of methoxy groups -OCH3 is 1. The highest BCUT2D eigenvalue weighted by Crippen LogP contribution is 2.23. The van der Waals surface area contributed by atoms with E-state index < -0.39 is 0 Å². The molecule has 0 saturated heterocycles. The van der Waals surface area contributed by atoms with Crippen molar-refractivity contribution in [3.05, 3.63) is 11.6 Å². The quantitative estimate of drug-likeness (QED) is 0.589. The minimum atomic E-state index is -0.237. The lowest BCUT2D eigenvalue weighted by atomic mass is 9.87. The Labute approximate surface area is 98.2 Å². The molecule has 0 aromatic heterocycles.